The zero-order valence-corrected chi connectivity index (χ0v) is 12.2. The summed E-state index contributed by atoms with van der Waals surface area (Å²) < 4.78 is 0. The van der Waals surface area contributed by atoms with Gasteiger partial charge in [0.05, 0.1) is 0 Å². The van der Waals surface area contributed by atoms with E-state index in [0.29, 0.717) is 0 Å². The number of hydrogen-bond acceptors (Lipinski definition) is 1. The van der Waals surface area contributed by atoms with Crippen molar-refractivity contribution in [1.29, 1.82) is 0 Å². The van der Waals surface area contributed by atoms with Gasteiger partial charge in [0.25, 0.3) is 0 Å². The van der Waals surface area contributed by atoms with E-state index < -0.39 is 0 Å². The molecule has 0 spiro atoms. The first-order valence-electron chi connectivity index (χ1n) is 7.75. The van der Waals surface area contributed by atoms with Crippen molar-refractivity contribution in [2.24, 2.45) is 0 Å². The largest absolute Gasteiger partial charge is 0.356 e. The van der Waals surface area contributed by atoms with Crippen molar-refractivity contribution in [1.82, 2.24) is 0 Å². The predicted octanol–water partition coefficient (Wildman–Crippen LogP) is 5.79. The second-order valence-corrected chi connectivity index (χ2v) is 5.95. The lowest BCUT2D eigenvalue weighted by Gasteiger charge is -2.22. The SMILES string of the molecule is Cc1ccc(Nc2ccc(C3CCCCC3)cc2)cc1. The van der Waals surface area contributed by atoms with Crippen LogP contribution in [0.25, 0.3) is 0 Å². The van der Waals surface area contributed by atoms with Gasteiger partial charge in [-0.1, -0.05) is 49.1 Å². The highest BCUT2D eigenvalue weighted by Crippen LogP contribution is 2.33. The molecule has 2 aromatic rings. The summed E-state index contributed by atoms with van der Waals surface area (Å²) in [5.74, 6) is 0.789. The summed E-state index contributed by atoms with van der Waals surface area (Å²) in [5, 5.41) is 3.46. The standard InChI is InChI=1S/C19H23N/c1-15-7-11-18(12-8-15)20-19-13-9-17(10-14-19)16-5-3-2-4-6-16/h7-14,16,20H,2-6H2,1H3. The van der Waals surface area contributed by atoms with Crippen molar-refractivity contribution in [3.8, 4) is 0 Å². The highest BCUT2D eigenvalue weighted by molar-refractivity contribution is 5.60. The van der Waals surface area contributed by atoms with Crippen molar-refractivity contribution in [3.63, 3.8) is 0 Å². The number of benzene rings is 2. The Hall–Kier alpha value is -1.76. The molecule has 1 saturated carbocycles. The zero-order chi connectivity index (χ0) is 13.8. The molecule has 1 aliphatic rings. The van der Waals surface area contributed by atoms with Crippen LogP contribution in [0.5, 0.6) is 0 Å². The third-order valence-electron chi connectivity index (χ3n) is 4.33. The zero-order valence-electron chi connectivity index (χ0n) is 12.2. The lowest BCUT2D eigenvalue weighted by atomic mass is 9.84. The fourth-order valence-corrected chi connectivity index (χ4v) is 3.08. The Labute approximate surface area is 122 Å². The third-order valence-corrected chi connectivity index (χ3v) is 4.33. The normalized spacial score (nSPS) is 16.1. The van der Waals surface area contributed by atoms with Crippen LogP contribution in [0, 0.1) is 6.92 Å². The van der Waals surface area contributed by atoms with E-state index >= 15 is 0 Å². The number of rotatable bonds is 3. The van der Waals surface area contributed by atoms with Crippen molar-refractivity contribution in [2.75, 3.05) is 5.32 Å². The monoisotopic (exact) mass is 265 g/mol. The van der Waals surface area contributed by atoms with Gasteiger partial charge in [0.2, 0.25) is 0 Å². The highest BCUT2D eigenvalue weighted by Gasteiger charge is 2.14. The second-order valence-electron chi connectivity index (χ2n) is 5.95. The molecule has 1 fully saturated rings. The molecule has 0 aromatic heterocycles. The van der Waals surface area contributed by atoms with E-state index in [-0.39, 0.29) is 0 Å². The third kappa shape index (κ3) is 3.22. The van der Waals surface area contributed by atoms with Gasteiger partial charge in [-0.05, 0) is 55.5 Å². The lowest BCUT2D eigenvalue weighted by molar-refractivity contribution is 0.443. The molecule has 1 aliphatic carbocycles. The molecule has 0 aliphatic heterocycles. The summed E-state index contributed by atoms with van der Waals surface area (Å²) in [6.07, 6.45) is 6.95. The molecular formula is C19H23N. The summed E-state index contributed by atoms with van der Waals surface area (Å²) in [5.41, 5.74) is 5.14. The van der Waals surface area contributed by atoms with Gasteiger partial charge in [-0.15, -0.1) is 0 Å². The molecule has 0 amide bonds. The smallest absolute Gasteiger partial charge is 0.0384 e. The Morgan fingerprint density at radius 1 is 0.750 bits per heavy atom. The van der Waals surface area contributed by atoms with Crippen LogP contribution in [-0.4, -0.2) is 0 Å². The Balaban J connectivity index is 1.67. The van der Waals surface area contributed by atoms with E-state index in [1.807, 2.05) is 0 Å². The summed E-state index contributed by atoms with van der Waals surface area (Å²) in [7, 11) is 0. The van der Waals surface area contributed by atoms with Crippen LogP contribution < -0.4 is 5.32 Å². The molecule has 0 atom stereocenters. The van der Waals surface area contributed by atoms with Crippen molar-refractivity contribution < 1.29 is 0 Å². The maximum Gasteiger partial charge on any atom is 0.0384 e. The molecule has 3 rings (SSSR count). The van der Waals surface area contributed by atoms with Crippen molar-refractivity contribution in [3.05, 3.63) is 59.7 Å². The van der Waals surface area contributed by atoms with Gasteiger partial charge in [-0.2, -0.15) is 0 Å². The quantitative estimate of drug-likeness (QED) is 0.741. The Morgan fingerprint density at radius 3 is 1.90 bits per heavy atom. The number of aryl methyl sites for hydroxylation is 1. The van der Waals surface area contributed by atoms with E-state index in [4.69, 9.17) is 0 Å². The average Bonchev–Trinajstić information content (AvgIpc) is 2.51. The minimum absolute atomic E-state index is 0.789. The van der Waals surface area contributed by atoms with E-state index in [0.717, 1.165) is 11.6 Å². The molecule has 1 nitrogen and oxygen atoms in total. The molecule has 1 N–H and O–H groups in total. The van der Waals surface area contributed by atoms with Crippen molar-refractivity contribution >= 4 is 11.4 Å². The van der Waals surface area contributed by atoms with Crippen LogP contribution in [0.4, 0.5) is 11.4 Å². The van der Waals surface area contributed by atoms with Gasteiger partial charge >= 0.3 is 0 Å². The Morgan fingerprint density at radius 2 is 1.30 bits per heavy atom. The molecule has 1 heteroatoms. The fraction of sp³-hybridized carbons (Fsp3) is 0.368. The van der Waals surface area contributed by atoms with E-state index in [2.05, 4.69) is 60.8 Å². The summed E-state index contributed by atoms with van der Waals surface area (Å²) in [6.45, 7) is 2.11. The van der Waals surface area contributed by atoms with Crippen LogP contribution in [0.1, 0.15) is 49.1 Å². The van der Waals surface area contributed by atoms with Crippen LogP contribution in [-0.2, 0) is 0 Å². The first-order chi connectivity index (χ1) is 9.81. The fourth-order valence-electron chi connectivity index (χ4n) is 3.08. The molecule has 104 valence electrons. The molecule has 0 radical (unpaired) electrons. The van der Waals surface area contributed by atoms with Gasteiger partial charge < -0.3 is 5.32 Å². The molecule has 0 bridgehead atoms. The minimum Gasteiger partial charge on any atom is -0.356 e. The molecule has 0 heterocycles. The first kappa shape index (κ1) is 13.2. The van der Waals surface area contributed by atoms with Crippen LogP contribution in [0.15, 0.2) is 48.5 Å². The van der Waals surface area contributed by atoms with E-state index in [1.165, 1.54) is 48.9 Å². The van der Waals surface area contributed by atoms with Gasteiger partial charge in [-0.3, -0.25) is 0 Å². The summed E-state index contributed by atoms with van der Waals surface area (Å²) in [6, 6.07) is 17.6. The second kappa shape index (κ2) is 6.13. The Kier molecular flexibility index (Phi) is 4.05. The summed E-state index contributed by atoms with van der Waals surface area (Å²) >= 11 is 0. The molecular weight excluding hydrogens is 242 g/mol. The van der Waals surface area contributed by atoms with Gasteiger partial charge in [0.15, 0.2) is 0 Å². The van der Waals surface area contributed by atoms with Crippen LogP contribution >= 0.6 is 0 Å². The van der Waals surface area contributed by atoms with Crippen LogP contribution in [0.3, 0.4) is 0 Å². The molecule has 0 unspecified atom stereocenters. The maximum absolute atomic E-state index is 3.46. The molecule has 0 saturated heterocycles. The molecule has 20 heavy (non-hydrogen) atoms. The average molecular weight is 265 g/mol. The number of nitrogens with one attached hydrogen (secondary N) is 1. The van der Waals surface area contributed by atoms with Gasteiger partial charge in [0.1, 0.15) is 0 Å². The maximum atomic E-state index is 3.46. The van der Waals surface area contributed by atoms with Gasteiger partial charge in [0, 0.05) is 11.4 Å². The minimum atomic E-state index is 0.789. The number of anilines is 2. The highest BCUT2D eigenvalue weighted by atomic mass is 14.9. The van der Waals surface area contributed by atoms with E-state index in [9.17, 15) is 0 Å². The first-order valence-corrected chi connectivity index (χ1v) is 7.75. The molecule has 2 aromatic carbocycles. The number of hydrogen-bond donors (Lipinski definition) is 1. The predicted molar refractivity (Wildman–Crippen MR) is 86.7 cm³/mol. The van der Waals surface area contributed by atoms with Crippen LogP contribution in [0.2, 0.25) is 0 Å². The topological polar surface area (TPSA) is 12.0 Å². The summed E-state index contributed by atoms with van der Waals surface area (Å²) in [4.78, 5) is 0. The van der Waals surface area contributed by atoms with E-state index in [1.54, 1.807) is 0 Å². The van der Waals surface area contributed by atoms with Gasteiger partial charge in [-0.25, -0.2) is 0 Å². The Bertz CT molecular complexity index is 533. The van der Waals surface area contributed by atoms with Crippen molar-refractivity contribution in [2.45, 2.75) is 44.9 Å². The lowest BCUT2D eigenvalue weighted by Crippen LogP contribution is -2.04.